The zero-order valence-electron chi connectivity index (χ0n) is 21.5. The highest BCUT2D eigenvalue weighted by molar-refractivity contribution is 5.53. The zero-order chi connectivity index (χ0) is 34.1. The molecule has 0 aliphatic rings. The molecule has 0 unspecified atom stereocenters. The van der Waals surface area contributed by atoms with E-state index in [-0.39, 0.29) is 12.4 Å². The summed E-state index contributed by atoms with van der Waals surface area (Å²) < 4.78 is 236. The van der Waals surface area contributed by atoms with Crippen LogP contribution in [0.4, 0.5) is 74.6 Å². The van der Waals surface area contributed by atoms with Crippen molar-refractivity contribution in [3.63, 3.8) is 0 Å². The van der Waals surface area contributed by atoms with E-state index in [1.807, 2.05) is 0 Å². The number of rotatable bonds is 16. The van der Waals surface area contributed by atoms with Crippen LogP contribution >= 0.6 is 0 Å². The Labute approximate surface area is 231 Å². The van der Waals surface area contributed by atoms with Gasteiger partial charge in [0.1, 0.15) is 12.0 Å². The highest BCUT2D eigenvalue weighted by Crippen LogP contribution is 2.64. The summed E-state index contributed by atoms with van der Waals surface area (Å²) in [6.07, 6.45) is -11.6. The van der Waals surface area contributed by atoms with Gasteiger partial charge in [0.2, 0.25) is 0 Å². The minimum atomic E-state index is -8.65. The predicted molar refractivity (Wildman–Crippen MR) is 111 cm³/mol. The Kier molecular flexibility index (Phi) is 11.1. The molecule has 0 bridgehead atoms. The standard InChI is InChI=1S/C23H21F17O3/c1-12(10-41)13(2)43-11-14-4-6-15(7-5-14)42-9-3-8-16(24,25)17(26,27)18(28,29)19(30,31)20(32,33)21(34,35)22(36,37)23(38,39)40/h4-7,10,12-13H,3,8-9,11H2,1-2H3/t12-,13+/m0/s1. The third-order valence-corrected chi connectivity index (χ3v) is 6.08. The summed E-state index contributed by atoms with van der Waals surface area (Å²) in [6.45, 7) is 2.12. The van der Waals surface area contributed by atoms with Crippen LogP contribution < -0.4 is 4.74 Å². The van der Waals surface area contributed by atoms with Crippen LogP contribution in [-0.4, -0.2) is 66.6 Å². The maximum Gasteiger partial charge on any atom is 0.460 e. The molecule has 43 heavy (non-hydrogen) atoms. The van der Waals surface area contributed by atoms with Crippen molar-refractivity contribution >= 4 is 6.29 Å². The Morgan fingerprint density at radius 3 is 1.49 bits per heavy atom. The van der Waals surface area contributed by atoms with E-state index in [1.165, 1.54) is 24.3 Å². The number of ether oxygens (including phenoxy) is 2. The van der Waals surface area contributed by atoms with E-state index in [4.69, 9.17) is 9.47 Å². The van der Waals surface area contributed by atoms with Gasteiger partial charge in [0, 0.05) is 12.3 Å². The molecule has 20 heteroatoms. The van der Waals surface area contributed by atoms with Gasteiger partial charge in [-0.3, -0.25) is 0 Å². The van der Waals surface area contributed by atoms with Gasteiger partial charge >= 0.3 is 47.6 Å². The minimum Gasteiger partial charge on any atom is -0.494 e. The number of hydrogen-bond acceptors (Lipinski definition) is 3. The third-order valence-electron chi connectivity index (χ3n) is 6.08. The summed E-state index contributed by atoms with van der Waals surface area (Å²) in [4.78, 5) is 10.7. The van der Waals surface area contributed by atoms with E-state index in [0.717, 1.165) is 0 Å². The van der Waals surface area contributed by atoms with Crippen LogP contribution in [0.5, 0.6) is 5.75 Å². The lowest BCUT2D eigenvalue weighted by Gasteiger charge is -2.42. The summed E-state index contributed by atoms with van der Waals surface area (Å²) >= 11 is 0. The van der Waals surface area contributed by atoms with Crippen molar-refractivity contribution in [3.8, 4) is 5.75 Å². The van der Waals surface area contributed by atoms with Crippen LogP contribution in [0.2, 0.25) is 0 Å². The van der Waals surface area contributed by atoms with Gasteiger partial charge in [0.05, 0.1) is 19.3 Å². The van der Waals surface area contributed by atoms with Gasteiger partial charge in [-0.15, -0.1) is 0 Å². The lowest BCUT2D eigenvalue weighted by Crippen LogP contribution is -2.74. The lowest BCUT2D eigenvalue weighted by molar-refractivity contribution is -0.461. The number of carbonyl (C=O) groups excluding carboxylic acids is 1. The van der Waals surface area contributed by atoms with E-state index >= 15 is 0 Å². The maximum absolute atomic E-state index is 13.9. The van der Waals surface area contributed by atoms with Crippen molar-refractivity contribution in [1.29, 1.82) is 0 Å². The Hall–Kier alpha value is -2.54. The van der Waals surface area contributed by atoms with Gasteiger partial charge in [0.25, 0.3) is 0 Å². The second-order valence-corrected chi connectivity index (χ2v) is 9.26. The number of benzene rings is 1. The van der Waals surface area contributed by atoms with E-state index in [9.17, 15) is 79.4 Å². The number of halogens is 17. The summed E-state index contributed by atoms with van der Waals surface area (Å²) in [5, 5.41) is 0. The first-order valence-electron chi connectivity index (χ1n) is 11.6. The molecule has 3 nitrogen and oxygen atoms in total. The van der Waals surface area contributed by atoms with Crippen molar-refractivity contribution < 1.29 is 88.9 Å². The van der Waals surface area contributed by atoms with Crippen LogP contribution in [0.3, 0.4) is 0 Å². The Morgan fingerprint density at radius 2 is 1.07 bits per heavy atom. The average Bonchev–Trinajstić information content (AvgIpc) is 2.88. The van der Waals surface area contributed by atoms with Gasteiger partial charge in [0.15, 0.2) is 0 Å². The van der Waals surface area contributed by atoms with E-state index < -0.39 is 79.1 Å². The van der Waals surface area contributed by atoms with Gasteiger partial charge in [-0.05, 0) is 31.0 Å². The maximum atomic E-state index is 13.9. The van der Waals surface area contributed by atoms with Gasteiger partial charge in [-0.2, -0.15) is 74.6 Å². The largest absolute Gasteiger partial charge is 0.494 e. The molecule has 0 aliphatic heterocycles. The summed E-state index contributed by atoms with van der Waals surface area (Å²) in [5.74, 6) is -57.0. The van der Waals surface area contributed by atoms with Crippen LogP contribution in [0, 0.1) is 5.92 Å². The molecular weight excluding hydrogens is 647 g/mol. The highest BCUT2D eigenvalue weighted by Gasteiger charge is 2.95. The summed E-state index contributed by atoms with van der Waals surface area (Å²) in [6, 6.07) is 5.04. The second kappa shape index (κ2) is 12.5. The molecule has 1 rings (SSSR count). The van der Waals surface area contributed by atoms with Gasteiger partial charge < -0.3 is 14.3 Å². The molecule has 0 radical (unpaired) electrons. The van der Waals surface area contributed by atoms with E-state index in [2.05, 4.69) is 0 Å². The van der Waals surface area contributed by atoms with Crippen molar-refractivity contribution in [2.45, 2.75) is 87.0 Å². The molecule has 0 saturated carbocycles. The first-order chi connectivity index (χ1) is 19.1. The monoisotopic (exact) mass is 668 g/mol. The topological polar surface area (TPSA) is 35.5 Å². The molecule has 0 saturated heterocycles. The zero-order valence-corrected chi connectivity index (χ0v) is 21.5. The SMILES string of the molecule is C[C@@H](C=O)[C@@H](C)OCc1ccc(OCCCC(F)(F)C(F)(F)C(F)(F)C(F)(F)C(F)(F)C(F)(F)C(F)(F)C(F)(F)F)cc1. The number of alkyl halides is 17. The van der Waals surface area contributed by atoms with Crippen molar-refractivity contribution in [1.82, 2.24) is 0 Å². The number of hydrogen-bond donors (Lipinski definition) is 0. The molecule has 0 spiro atoms. The van der Waals surface area contributed by atoms with Crippen LogP contribution in [0.25, 0.3) is 0 Å². The van der Waals surface area contributed by atoms with E-state index in [1.54, 1.807) is 13.8 Å². The molecule has 1 aromatic carbocycles. The van der Waals surface area contributed by atoms with Crippen molar-refractivity contribution in [2.24, 2.45) is 5.92 Å². The Bertz CT molecular complexity index is 1070. The first-order valence-corrected chi connectivity index (χ1v) is 11.6. The highest BCUT2D eigenvalue weighted by atomic mass is 19.4. The summed E-state index contributed by atoms with van der Waals surface area (Å²) in [5.41, 5.74) is 0.488. The molecule has 0 aliphatic carbocycles. The molecule has 1 aromatic rings. The molecule has 0 aromatic heterocycles. The lowest BCUT2D eigenvalue weighted by atomic mass is 9.88. The molecule has 2 atom stereocenters. The van der Waals surface area contributed by atoms with Gasteiger partial charge in [-0.25, -0.2) is 0 Å². The summed E-state index contributed by atoms with van der Waals surface area (Å²) in [7, 11) is 0. The molecular formula is C23H21F17O3. The van der Waals surface area contributed by atoms with Crippen LogP contribution in [0.15, 0.2) is 24.3 Å². The Balaban J connectivity index is 3.01. The average molecular weight is 668 g/mol. The number of aldehydes is 1. The predicted octanol–water partition coefficient (Wildman–Crippen LogP) is 8.60. The van der Waals surface area contributed by atoms with E-state index in [0.29, 0.717) is 11.8 Å². The molecule has 0 amide bonds. The fourth-order valence-corrected chi connectivity index (χ4v) is 3.01. The van der Waals surface area contributed by atoms with Crippen molar-refractivity contribution in [2.75, 3.05) is 6.61 Å². The van der Waals surface area contributed by atoms with Crippen LogP contribution in [-0.2, 0) is 16.1 Å². The molecule has 0 N–H and O–H groups in total. The van der Waals surface area contributed by atoms with Gasteiger partial charge in [-0.1, -0.05) is 19.1 Å². The molecule has 250 valence electrons. The number of carbonyl (C=O) groups is 1. The fraction of sp³-hybridized carbons (Fsp3) is 0.696. The van der Waals surface area contributed by atoms with Crippen molar-refractivity contribution in [3.05, 3.63) is 29.8 Å². The normalized spacial score (nSPS) is 16.2. The van der Waals surface area contributed by atoms with Crippen LogP contribution in [0.1, 0.15) is 32.3 Å². The minimum absolute atomic E-state index is 0.0153. The first kappa shape index (κ1) is 38.5. The molecule has 0 fully saturated rings. The smallest absolute Gasteiger partial charge is 0.460 e. The Morgan fingerprint density at radius 1 is 0.651 bits per heavy atom. The second-order valence-electron chi connectivity index (χ2n) is 9.26. The third kappa shape index (κ3) is 6.92. The quantitative estimate of drug-likeness (QED) is 0.101. The fourth-order valence-electron chi connectivity index (χ4n) is 3.01. The molecule has 0 heterocycles.